The van der Waals surface area contributed by atoms with Crippen LogP contribution in [0.25, 0.3) is 0 Å². The van der Waals surface area contributed by atoms with Gasteiger partial charge in [0, 0.05) is 12.7 Å². The lowest BCUT2D eigenvalue weighted by molar-refractivity contribution is -0.00692. The summed E-state index contributed by atoms with van der Waals surface area (Å²) in [5, 5.41) is 0.873. The standard InChI is InChI=1S/C15H18Cl2O2/c1-19-15(8-4-2-3-5-9-15)14(18)11-6-7-12(16)13(17)10-11/h6-7,10H,2-5,8-9H2,1H3. The number of halogens is 2. The lowest BCUT2D eigenvalue weighted by atomic mass is 9.86. The Hall–Kier alpha value is -0.570. The largest absolute Gasteiger partial charge is 0.370 e. The molecule has 0 aliphatic heterocycles. The molecule has 1 aromatic carbocycles. The molecule has 1 aliphatic rings. The van der Waals surface area contributed by atoms with Crippen LogP contribution in [0.15, 0.2) is 18.2 Å². The molecule has 0 saturated heterocycles. The van der Waals surface area contributed by atoms with Crippen LogP contribution in [-0.2, 0) is 4.74 Å². The Labute approximate surface area is 124 Å². The third-order valence-electron chi connectivity index (χ3n) is 3.90. The Morgan fingerprint density at radius 3 is 2.26 bits per heavy atom. The molecule has 0 amide bonds. The van der Waals surface area contributed by atoms with Crippen molar-refractivity contribution in [2.45, 2.75) is 44.1 Å². The smallest absolute Gasteiger partial charge is 0.194 e. The number of hydrogen-bond acceptors (Lipinski definition) is 2. The van der Waals surface area contributed by atoms with Crippen LogP contribution in [0.4, 0.5) is 0 Å². The molecule has 0 aromatic heterocycles. The molecule has 104 valence electrons. The van der Waals surface area contributed by atoms with Crippen molar-refractivity contribution in [2.75, 3.05) is 7.11 Å². The van der Waals surface area contributed by atoms with Gasteiger partial charge in [0.05, 0.1) is 10.0 Å². The number of hydrogen-bond donors (Lipinski definition) is 0. The molecule has 2 nitrogen and oxygen atoms in total. The zero-order valence-corrected chi connectivity index (χ0v) is 12.6. The third kappa shape index (κ3) is 3.13. The zero-order valence-electron chi connectivity index (χ0n) is 11.0. The van der Waals surface area contributed by atoms with Gasteiger partial charge in [0.25, 0.3) is 0 Å². The highest BCUT2D eigenvalue weighted by Crippen LogP contribution is 2.34. The average Bonchev–Trinajstić information content (AvgIpc) is 2.67. The van der Waals surface area contributed by atoms with E-state index < -0.39 is 5.60 Å². The van der Waals surface area contributed by atoms with E-state index in [-0.39, 0.29) is 5.78 Å². The van der Waals surface area contributed by atoms with Crippen molar-refractivity contribution in [3.63, 3.8) is 0 Å². The fourth-order valence-electron chi connectivity index (χ4n) is 2.72. The van der Waals surface area contributed by atoms with E-state index in [9.17, 15) is 4.79 Å². The second kappa shape index (κ2) is 6.25. The van der Waals surface area contributed by atoms with Gasteiger partial charge in [0.2, 0.25) is 0 Å². The number of ketones is 1. The normalized spacial score (nSPS) is 18.9. The Kier molecular flexibility index (Phi) is 4.88. The van der Waals surface area contributed by atoms with Crippen molar-refractivity contribution in [2.24, 2.45) is 0 Å². The van der Waals surface area contributed by atoms with E-state index in [1.54, 1.807) is 25.3 Å². The Morgan fingerprint density at radius 2 is 1.74 bits per heavy atom. The van der Waals surface area contributed by atoms with Crippen LogP contribution in [0.5, 0.6) is 0 Å². The first-order valence-electron chi connectivity index (χ1n) is 6.64. The first-order chi connectivity index (χ1) is 9.09. The molecule has 4 heteroatoms. The number of methoxy groups -OCH3 is 1. The van der Waals surface area contributed by atoms with Crippen molar-refractivity contribution >= 4 is 29.0 Å². The quantitative estimate of drug-likeness (QED) is 0.585. The van der Waals surface area contributed by atoms with E-state index in [0.717, 1.165) is 25.7 Å². The molecule has 0 spiro atoms. The highest BCUT2D eigenvalue weighted by atomic mass is 35.5. The van der Waals surface area contributed by atoms with E-state index in [4.69, 9.17) is 27.9 Å². The summed E-state index contributed by atoms with van der Waals surface area (Å²) in [5.41, 5.74) is -0.105. The fraction of sp³-hybridized carbons (Fsp3) is 0.533. The van der Waals surface area contributed by atoms with Crippen molar-refractivity contribution in [1.29, 1.82) is 0 Å². The Balaban J connectivity index is 2.31. The van der Waals surface area contributed by atoms with Gasteiger partial charge in [-0.05, 0) is 31.0 Å². The predicted molar refractivity (Wildman–Crippen MR) is 78.2 cm³/mol. The molecule has 0 unspecified atom stereocenters. The molecular formula is C15H18Cl2O2. The minimum Gasteiger partial charge on any atom is -0.370 e. The number of carbonyl (C=O) groups is 1. The summed E-state index contributed by atoms with van der Waals surface area (Å²) in [7, 11) is 1.63. The van der Waals surface area contributed by atoms with E-state index in [0.29, 0.717) is 15.6 Å². The monoisotopic (exact) mass is 300 g/mol. The van der Waals surface area contributed by atoms with Crippen LogP contribution in [0.1, 0.15) is 48.9 Å². The SMILES string of the molecule is COC1(C(=O)c2ccc(Cl)c(Cl)c2)CCCCCC1. The highest BCUT2D eigenvalue weighted by molar-refractivity contribution is 6.42. The molecular weight excluding hydrogens is 283 g/mol. The van der Waals surface area contributed by atoms with Gasteiger partial charge >= 0.3 is 0 Å². The molecule has 0 N–H and O–H groups in total. The molecule has 0 radical (unpaired) electrons. The van der Waals surface area contributed by atoms with Gasteiger partial charge < -0.3 is 4.74 Å². The Morgan fingerprint density at radius 1 is 1.11 bits per heavy atom. The summed E-state index contributed by atoms with van der Waals surface area (Å²) in [5.74, 6) is 0.0236. The van der Waals surface area contributed by atoms with Gasteiger partial charge in [-0.3, -0.25) is 4.79 Å². The van der Waals surface area contributed by atoms with Gasteiger partial charge in [-0.2, -0.15) is 0 Å². The molecule has 1 fully saturated rings. The fourth-order valence-corrected chi connectivity index (χ4v) is 3.02. The summed E-state index contributed by atoms with van der Waals surface area (Å²) in [4.78, 5) is 12.7. The second-order valence-electron chi connectivity index (χ2n) is 5.07. The first kappa shape index (κ1) is 14.8. The van der Waals surface area contributed by atoms with Crippen LogP contribution >= 0.6 is 23.2 Å². The molecule has 2 rings (SSSR count). The van der Waals surface area contributed by atoms with Crippen molar-refractivity contribution < 1.29 is 9.53 Å². The average molecular weight is 301 g/mol. The van der Waals surface area contributed by atoms with Crippen LogP contribution in [-0.4, -0.2) is 18.5 Å². The topological polar surface area (TPSA) is 26.3 Å². The number of carbonyl (C=O) groups excluding carboxylic acids is 1. The summed E-state index contributed by atoms with van der Waals surface area (Å²) >= 11 is 11.9. The van der Waals surface area contributed by atoms with Crippen molar-refractivity contribution in [3.8, 4) is 0 Å². The molecule has 1 saturated carbocycles. The molecule has 1 aliphatic carbocycles. The van der Waals surface area contributed by atoms with Crippen LogP contribution in [0.2, 0.25) is 10.0 Å². The zero-order chi connectivity index (χ0) is 13.9. The van der Waals surface area contributed by atoms with Gasteiger partial charge in [0.15, 0.2) is 5.78 Å². The maximum atomic E-state index is 12.7. The Bertz CT molecular complexity index is 463. The van der Waals surface area contributed by atoms with Crippen LogP contribution < -0.4 is 0 Å². The molecule has 1 aromatic rings. The highest BCUT2D eigenvalue weighted by Gasteiger charge is 2.39. The second-order valence-corrected chi connectivity index (χ2v) is 5.89. The number of Topliss-reactive ketones (excluding diaryl/α,β-unsaturated/α-hetero) is 1. The lowest BCUT2D eigenvalue weighted by Gasteiger charge is -2.29. The van der Waals surface area contributed by atoms with Crippen molar-refractivity contribution in [1.82, 2.24) is 0 Å². The van der Waals surface area contributed by atoms with E-state index in [1.165, 1.54) is 12.8 Å². The summed E-state index contributed by atoms with van der Waals surface area (Å²) < 4.78 is 5.62. The minimum atomic E-state index is -0.687. The molecule has 0 heterocycles. The maximum Gasteiger partial charge on any atom is 0.194 e. The minimum absolute atomic E-state index is 0.0236. The number of rotatable bonds is 3. The van der Waals surface area contributed by atoms with E-state index in [1.807, 2.05) is 0 Å². The summed E-state index contributed by atoms with van der Waals surface area (Å²) in [6, 6.07) is 5.03. The lowest BCUT2D eigenvalue weighted by Crippen LogP contribution is -2.40. The van der Waals surface area contributed by atoms with Gasteiger partial charge in [-0.15, -0.1) is 0 Å². The third-order valence-corrected chi connectivity index (χ3v) is 4.64. The summed E-state index contributed by atoms with van der Waals surface area (Å²) in [6.07, 6.45) is 5.95. The van der Waals surface area contributed by atoms with Crippen LogP contribution in [0.3, 0.4) is 0 Å². The molecule has 19 heavy (non-hydrogen) atoms. The summed E-state index contributed by atoms with van der Waals surface area (Å²) in [6.45, 7) is 0. The predicted octanol–water partition coefficient (Wildman–Crippen LogP) is 4.92. The van der Waals surface area contributed by atoms with Crippen LogP contribution in [0, 0.1) is 0 Å². The first-order valence-corrected chi connectivity index (χ1v) is 7.40. The maximum absolute atomic E-state index is 12.7. The number of ether oxygens (including phenoxy) is 1. The molecule has 0 atom stereocenters. The number of benzene rings is 1. The molecule has 0 bridgehead atoms. The van der Waals surface area contributed by atoms with Gasteiger partial charge in [-0.1, -0.05) is 48.9 Å². The van der Waals surface area contributed by atoms with E-state index in [2.05, 4.69) is 0 Å². The van der Waals surface area contributed by atoms with Crippen molar-refractivity contribution in [3.05, 3.63) is 33.8 Å². The van der Waals surface area contributed by atoms with Gasteiger partial charge in [0.1, 0.15) is 5.60 Å². The van der Waals surface area contributed by atoms with E-state index >= 15 is 0 Å². The van der Waals surface area contributed by atoms with Gasteiger partial charge in [-0.25, -0.2) is 0 Å².